The molecule has 1 saturated heterocycles. The fourth-order valence-electron chi connectivity index (χ4n) is 3.05. The molecule has 2 aromatic carbocycles. The average molecular weight is 539 g/mol. The first-order valence-electron chi connectivity index (χ1n) is 9.21. The number of halogens is 1. The van der Waals surface area contributed by atoms with E-state index in [0.29, 0.717) is 21.6 Å². The number of rotatable bonds is 6. The second-order valence-electron chi connectivity index (χ2n) is 6.69. The van der Waals surface area contributed by atoms with E-state index in [1.54, 1.807) is 12.0 Å². The molecule has 1 aliphatic heterocycles. The Hall–Kier alpha value is -1.58. The zero-order valence-electron chi connectivity index (χ0n) is 16.7. The number of anilines is 1. The van der Waals surface area contributed by atoms with Crippen LogP contribution < -0.4 is 14.4 Å². The lowest BCUT2D eigenvalue weighted by Crippen LogP contribution is -2.28. The predicted octanol–water partition coefficient (Wildman–Crippen LogP) is 6.11. The van der Waals surface area contributed by atoms with Gasteiger partial charge in [-0.2, -0.15) is 0 Å². The maximum absolute atomic E-state index is 13.1. The van der Waals surface area contributed by atoms with Crippen LogP contribution in [0.5, 0.6) is 11.5 Å². The van der Waals surface area contributed by atoms with Crippen molar-refractivity contribution in [3.63, 3.8) is 0 Å². The minimum absolute atomic E-state index is 0.104. The molecule has 0 atom stereocenters. The Balaban J connectivity index is 1.94. The summed E-state index contributed by atoms with van der Waals surface area (Å²) in [6.45, 7) is 6.71. The van der Waals surface area contributed by atoms with Gasteiger partial charge in [0.25, 0.3) is 5.91 Å². The second-order valence-corrected chi connectivity index (χ2v) is 9.53. The molecular formula is C22H22INO3S2. The summed E-state index contributed by atoms with van der Waals surface area (Å²) in [6.07, 6.45) is 2.78. The lowest BCUT2D eigenvalue weighted by atomic mass is 10.1. The molecule has 152 valence electrons. The molecule has 1 amide bonds. The van der Waals surface area contributed by atoms with E-state index in [-0.39, 0.29) is 5.91 Å². The second kappa shape index (κ2) is 9.49. The molecule has 1 fully saturated rings. The number of amides is 1. The van der Waals surface area contributed by atoms with Gasteiger partial charge in [0.05, 0.1) is 27.9 Å². The van der Waals surface area contributed by atoms with Crippen molar-refractivity contribution in [3.05, 3.63) is 55.5 Å². The van der Waals surface area contributed by atoms with Crippen molar-refractivity contribution in [2.75, 3.05) is 18.6 Å². The van der Waals surface area contributed by atoms with Crippen LogP contribution in [0.2, 0.25) is 0 Å². The van der Waals surface area contributed by atoms with E-state index >= 15 is 0 Å². The largest absolute Gasteiger partial charge is 0.493 e. The Morgan fingerprint density at radius 1 is 1.24 bits per heavy atom. The molecule has 3 rings (SSSR count). The van der Waals surface area contributed by atoms with Crippen molar-refractivity contribution in [3.8, 4) is 11.5 Å². The van der Waals surface area contributed by atoms with Crippen LogP contribution in [0.15, 0.2) is 35.2 Å². The van der Waals surface area contributed by atoms with Gasteiger partial charge in [0.2, 0.25) is 0 Å². The van der Waals surface area contributed by atoms with Crippen molar-refractivity contribution < 1.29 is 14.3 Å². The summed E-state index contributed by atoms with van der Waals surface area (Å²) in [7, 11) is 1.62. The van der Waals surface area contributed by atoms with Crippen molar-refractivity contribution >= 4 is 68.6 Å². The predicted molar refractivity (Wildman–Crippen MR) is 133 cm³/mol. The zero-order valence-corrected chi connectivity index (χ0v) is 20.5. The summed E-state index contributed by atoms with van der Waals surface area (Å²) in [4.78, 5) is 15.3. The summed E-state index contributed by atoms with van der Waals surface area (Å²) in [5, 5.41) is 0. The number of carbonyl (C=O) groups is 1. The molecule has 7 heteroatoms. The number of thiocarbonyl (C=S) groups is 1. The van der Waals surface area contributed by atoms with E-state index < -0.39 is 0 Å². The van der Waals surface area contributed by atoms with Crippen LogP contribution in [0.1, 0.15) is 30.0 Å². The molecule has 0 saturated carbocycles. The van der Waals surface area contributed by atoms with Gasteiger partial charge < -0.3 is 9.47 Å². The number of ether oxygens (including phenoxy) is 2. The molecular weight excluding hydrogens is 517 g/mol. The lowest BCUT2D eigenvalue weighted by molar-refractivity contribution is -0.113. The van der Waals surface area contributed by atoms with Crippen LogP contribution in [0.25, 0.3) is 6.08 Å². The van der Waals surface area contributed by atoms with E-state index in [2.05, 4.69) is 35.6 Å². The highest BCUT2D eigenvalue weighted by Gasteiger charge is 2.34. The van der Waals surface area contributed by atoms with Gasteiger partial charge in [0.15, 0.2) is 15.8 Å². The molecule has 0 aromatic heterocycles. The third kappa shape index (κ3) is 4.78. The van der Waals surface area contributed by atoms with Crippen LogP contribution in [-0.2, 0) is 4.79 Å². The SMILES string of the molecule is CCCOc1c(I)cc(/C=C2/SC(=S)N(c3ccc(C)cc3C)C2=O)cc1OC. The fourth-order valence-corrected chi connectivity index (χ4v) is 5.12. The van der Waals surface area contributed by atoms with Crippen molar-refractivity contribution in [1.29, 1.82) is 0 Å². The summed E-state index contributed by atoms with van der Waals surface area (Å²) < 4.78 is 12.8. The fraction of sp³-hybridized carbons (Fsp3) is 0.273. The molecule has 0 aliphatic carbocycles. The molecule has 4 nitrogen and oxygen atoms in total. The summed E-state index contributed by atoms with van der Waals surface area (Å²) in [5.74, 6) is 1.28. The van der Waals surface area contributed by atoms with Crippen molar-refractivity contribution in [1.82, 2.24) is 0 Å². The number of methoxy groups -OCH3 is 1. The van der Waals surface area contributed by atoms with Crippen LogP contribution in [0.3, 0.4) is 0 Å². The third-order valence-corrected chi connectivity index (χ3v) is 6.49. The van der Waals surface area contributed by atoms with Gasteiger partial charge in [-0.05, 0) is 78.3 Å². The maximum atomic E-state index is 13.1. The highest BCUT2D eigenvalue weighted by Crippen LogP contribution is 2.39. The monoisotopic (exact) mass is 539 g/mol. The minimum atomic E-state index is -0.104. The molecule has 0 bridgehead atoms. The van der Waals surface area contributed by atoms with Gasteiger partial charge in [0.1, 0.15) is 0 Å². The number of nitrogens with zero attached hydrogens (tertiary/aromatic N) is 1. The van der Waals surface area contributed by atoms with Crippen molar-refractivity contribution in [2.24, 2.45) is 0 Å². The van der Waals surface area contributed by atoms with Gasteiger partial charge >= 0.3 is 0 Å². The van der Waals surface area contributed by atoms with E-state index in [4.69, 9.17) is 21.7 Å². The van der Waals surface area contributed by atoms with Gasteiger partial charge in [-0.25, -0.2) is 0 Å². The third-order valence-electron chi connectivity index (χ3n) is 4.39. The number of carbonyl (C=O) groups excluding carboxylic acids is 1. The zero-order chi connectivity index (χ0) is 21.1. The molecule has 0 radical (unpaired) electrons. The van der Waals surface area contributed by atoms with Crippen LogP contribution >= 0.6 is 46.6 Å². The standard InChI is InChI=1S/C22H22INO3S2/c1-5-8-27-20-16(23)10-15(11-18(20)26-4)12-19-21(25)24(22(28)29-19)17-7-6-13(2)9-14(17)3/h6-7,9-12H,5,8H2,1-4H3/b19-12+. The van der Waals surface area contributed by atoms with Gasteiger partial charge in [0, 0.05) is 0 Å². The molecule has 1 aliphatic rings. The number of hydrogen-bond donors (Lipinski definition) is 0. The first-order valence-corrected chi connectivity index (χ1v) is 11.5. The van der Waals surface area contributed by atoms with Gasteiger partial charge in [-0.1, -0.05) is 48.6 Å². The van der Waals surface area contributed by atoms with Gasteiger partial charge in [-0.3, -0.25) is 9.69 Å². The van der Waals surface area contributed by atoms with E-state index in [0.717, 1.165) is 38.1 Å². The minimum Gasteiger partial charge on any atom is -0.493 e. The number of benzene rings is 2. The number of thioether (sulfide) groups is 1. The van der Waals surface area contributed by atoms with Crippen molar-refractivity contribution in [2.45, 2.75) is 27.2 Å². The first-order chi connectivity index (χ1) is 13.8. The molecule has 29 heavy (non-hydrogen) atoms. The normalized spacial score (nSPS) is 15.3. The molecule has 1 heterocycles. The van der Waals surface area contributed by atoms with E-state index in [9.17, 15) is 4.79 Å². The molecule has 0 spiro atoms. The summed E-state index contributed by atoms with van der Waals surface area (Å²) >= 11 is 9.05. The lowest BCUT2D eigenvalue weighted by Gasteiger charge is -2.17. The van der Waals surface area contributed by atoms with Crippen LogP contribution in [-0.4, -0.2) is 23.9 Å². The highest BCUT2D eigenvalue weighted by atomic mass is 127. The highest BCUT2D eigenvalue weighted by molar-refractivity contribution is 14.1. The smallest absolute Gasteiger partial charge is 0.270 e. The van der Waals surface area contributed by atoms with E-state index in [1.165, 1.54) is 11.8 Å². The van der Waals surface area contributed by atoms with Gasteiger partial charge in [-0.15, -0.1) is 0 Å². The Morgan fingerprint density at radius 3 is 2.66 bits per heavy atom. The van der Waals surface area contributed by atoms with Crippen LogP contribution in [0, 0.1) is 17.4 Å². The topological polar surface area (TPSA) is 38.8 Å². The quantitative estimate of drug-likeness (QED) is 0.252. The Bertz CT molecular complexity index is 1000. The Morgan fingerprint density at radius 2 is 2.00 bits per heavy atom. The summed E-state index contributed by atoms with van der Waals surface area (Å²) in [5.41, 5.74) is 3.88. The maximum Gasteiger partial charge on any atom is 0.270 e. The summed E-state index contributed by atoms with van der Waals surface area (Å²) in [6, 6.07) is 9.87. The Labute approximate surface area is 194 Å². The molecule has 2 aromatic rings. The average Bonchev–Trinajstić information content (AvgIpc) is 2.94. The number of aryl methyl sites for hydroxylation is 2. The number of hydrogen-bond acceptors (Lipinski definition) is 5. The Kier molecular flexibility index (Phi) is 7.23. The molecule has 0 unspecified atom stereocenters. The first kappa shape index (κ1) is 22.1. The van der Waals surface area contributed by atoms with E-state index in [1.807, 2.05) is 44.2 Å². The molecule has 0 N–H and O–H groups in total. The van der Waals surface area contributed by atoms with Crippen LogP contribution in [0.4, 0.5) is 5.69 Å².